The summed E-state index contributed by atoms with van der Waals surface area (Å²) in [5, 5.41) is 4.16. The van der Waals surface area contributed by atoms with Crippen molar-refractivity contribution in [3.8, 4) is 0 Å². The summed E-state index contributed by atoms with van der Waals surface area (Å²) in [5.41, 5.74) is 0.0346. The Bertz CT molecular complexity index is 639. The van der Waals surface area contributed by atoms with E-state index in [2.05, 4.69) is 25.9 Å². The molecule has 1 fully saturated rings. The number of hydrogen-bond acceptors (Lipinski definition) is 4. The Kier molecular flexibility index (Phi) is 5.80. The molecular weight excluding hydrogens is 306 g/mol. The van der Waals surface area contributed by atoms with Gasteiger partial charge in [0.25, 0.3) is 11.5 Å². The van der Waals surface area contributed by atoms with Crippen LogP contribution in [0.3, 0.4) is 0 Å². The first kappa shape index (κ1) is 18.6. The lowest BCUT2D eigenvalue weighted by atomic mass is 9.63. The predicted molar refractivity (Wildman–Crippen MR) is 93.1 cm³/mol. The number of ether oxygens (including phenoxy) is 1. The molecular formula is C18H29N3O3. The first-order chi connectivity index (χ1) is 11.3. The first-order valence-electron chi connectivity index (χ1n) is 8.79. The summed E-state index contributed by atoms with van der Waals surface area (Å²) >= 11 is 0. The number of carbonyl (C=O) groups is 1. The quantitative estimate of drug-likeness (QED) is 0.717. The van der Waals surface area contributed by atoms with Crippen molar-refractivity contribution in [3.63, 3.8) is 0 Å². The Labute approximate surface area is 143 Å². The smallest absolute Gasteiger partial charge is 0.274 e. The minimum atomic E-state index is -0.190. The summed E-state index contributed by atoms with van der Waals surface area (Å²) in [6, 6.07) is 3.02. The van der Waals surface area contributed by atoms with E-state index in [-0.39, 0.29) is 29.0 Å². The average molecular weight is 335 g/mol. The Balaban J connectivity index is 2.05. The maximum atomic E-state index is 12.7. The van der Waals surface area contributed by atoms with Crippen molar-refractivity contribution in [1.29, 1.82) is 0 Å². The van der Waals surface area contributed by atoms with Crippen molar-refractivity contribution in [2.24, 2.45) is 5.41 Å². The molecule has 6 nitrogen and oxygen atoms in total. The molecule has 0 spiro atoms. The number of aryl methyl sites for hydroxylation is 1. The molecule has 1 amide bonds. The largest absolute Gasteiger partial charge is 0.378 e. The highest BCUT2D eigenvalue weighted by molar-refractivity contribution is 5.92. The standard InChI is InChI=1S/C18H29N3O3/c1-6-8-11-24-15-12-14(18(15,3)4)20(5)17(23)13-9-10-16(22)21(7-2)19-13/h9-10,14-15H,6-8,11-12H2,1-5H3. The minimum Gasteiger partial charge on any atom is -0.378 e. The summed E-state index contributed by atoms with van der Waals surface area (Å²) in [7, 11) is 1.81. The Morgan fingerprint density at radius 2 is 2.12 bits per heavy atom. The van der Waals surface area contributed by atoms with Crippen LogP contribution in [-0.4, -0.2) is 46.4 Å². The zero-order valence-electron chi connectivity index (χ0n) is 15.4. The van der Waals surface area contributed by atoms with E-state index < -0.39 is 0 Å². The van der Waals surface area contributed by atoms with Crippen LogP contribution in [-0.2, 0) is 11.3 Å². The van der Waals surface area contributed by atoms with Crippen molar-refractivity contribution < 1.29 is 9.53 Å². The zero-order valence-corrected chi connectivity index (χ0v) is 15.4. The summed E-state index contributed by atoms with van der Waals surface area (Å²) in [6.07, 6.45) is 3.20. The van der Waals surface area contributed by atoms with Gasteiger partial charge in [-0.3, -0.25) is 9.59 Å². The highest BCUT2D eigenvalue weighted by Crippen LogP contribution is 2.45. The van der Waals surface area contributed by atoms with Gasteiger partial charge < -0.3 is 9.64 Å². The summed E-state index contributed by atoms with van der Waals surface area (Å²) in [4.78, 5) is 26.1. The maximum Gasteiger partial charge on any atom is 0.274 e. The van der Waals surface area contributed by atoms with Gasteiger partial charge in [-0.25, -0.2) is 4.68 Å². The van der Waals surface area contributed by atoms with Crippen LogP contribution in [0.4, 0.5) is 0 Å². The number of hydrogen-bond donors (Lipinski definition) is 0. The summed E-state index contributed by atoms with van der Waals surface area (Å²) in [6.45, 7) is 9.49. The fraction of sp³-hybridized carbons (Fsp3) is 0.722. The molecule has 24 heavy (non-hydrogen) atoms. The summed E-state index contributed by atoms with van der Waals surface area (Å²) < 4.78 is 7.26. The normalized spacial score (nSPS) is 22.0. The molecule has 1 aliphatic carbocycles. The molecule has 2 atom stereocenters. The van der Waals surface area contributed by atoms with Gasteiger partial charge >= 0.3 is 0 Å². The second-order valence-electron chi connectivity index (χ2n) is 7.07. The molecule has 1 aliphatic rings. The van der Waals surface area contributed by atoms with Crippen LogP contribution >= 0.6 is 0 Å². The third kappa shape index (κ3) is 3.53. The Morgan fingerprint density at radius 1 is 1.42 bits per heavy atom. The topological polar surface area (TPSA) is 64.4 Å². The van der Waals surface area contributed by atoms with E-state index in [1.54, 1.807) is 11.9 Å². The van der Waals surface area contributed by atoms with E-state index in [0.717, 1.165) is 25.9 Å². The van der Waals surface area contributed by atoms with E-state index >= 15 is 0 Å². The second-order valence-corrected chi connectivity index (χ2v) is 7.07. The summed E-state index contributed by atoms with van der Waals surface area (Å²) in [5.74, 6) is -0.151. The van der Waals surface area contributed by atoms with Crippen molar-refractivity contribution in [3.05, 3.63) is 28.2 Å². The third-order valence-electron chi connectivity index (χ3n) is 5.12. The molecule has 2 unspecified atom stereocenters. The van der Waals surface area contributed by atoms with Crippen LogP contribution < -0.4 is 5.56 Å². The number of carbonyl (C=O) groups excluding carboxylic acids is 1. The van der Waals surface area contributed by atoms with Crippen LogP contribution in [0, 0.1) is 5.41 Å². The van der Waals surface area contributed by atoms with Gasteiger partial charge in [0.1, 0.15) is 5.69 Å². The van der Waals surface area contributed by atoms with E-state index in [1.165, 1.54) is 16.8 Å². The lowest BCUT2D eigenvalue weighted by Gasteiger charge is -2.54. The van der Waals surface area contributed by atoms with Crippen LogP contribution in [0.15, 0.2) is 16.9 Å². The van der Waals surface area contributed by atoms with Gasteiger partial charge in [0.05, 0.1) is 6.10 Å². The van der Waals surface area contributed by atoms with Gasteiger partial charge in [-0.15, -0.1) is 0 Å². The van der Waals surface area contributed by atoms with Crippen molar-refractivity contribution in [2.75, 3.05) is 13.7 Å². The molecule has 0 bridgehead atoms. The number of unbranched alkanes of at least 4 members (excludes halogenated alkanes) is 1. The predicted octanol–water partition coefficient (Wildman–Crippen LogP) is 2.32. The number of nitrogens with zero attached hydrogens (tertiary/aromatic N) is 3. The molecule has 0 radical (unpaired) electrons. The van der Waals surface area contributed by atoms with Gasteiger partial charge in [0.15, 0.2) is 0 Å². The third-order valence-corrected chi connectivity index (χ3v) is 5.12. The molecule has 0 aromatic carbocycles. The Morgan fingerprint density at radius 3 is 2.71 bits per heavy atom. The molecule has 0 aliphatic heterocycles. The van der Waals surface area contributed by atoms with Gasteiger partial charge in [-0.1, -0.05) is 27.2 Å². The molecule has 0 saturated heterocycles. The molecule has 1 heterocycles. The fourth-order valence-electron chi connectivity index (χ4n) is 3.29. The van der Waals surface area contributed by atoms with Gasteiger partial charge in [0, 0.05) is 37.7 Å². The molecule has 6 heteroatoms. The lowest BCUT2D eigenvalue weighted by molar-refractivity contribution is -0.140. The number of rotatable bonds is 7. The van der Waals surface area contributed by atoms with Gasteiger partial charge in [-0.2, -0.15) is 5.10 Å². The highest BCUT2D eigenvalue weighted by atomic mass is 16.5. The number of aromatic nitrogens is 2. The Hall–Kier alpha value is -1.69. The van der Waals surface area contributed by atoms with E-state index in [9.17, 15) is 9.59 Å². The second kappa shape index (κ2) is 7.47. The van der Waals surface area contributed by atoms with Crippen LogP contribution in [0.25, 0.3) is 0 Å². The minimum absolute atomic E-state index is 0.0860. The zero-order chi connectivity index (χ0) is 17.9. The fourth-order valence-corrected chi connectivity index (χ4v) is 3.29. The van der Waals surface area contributed by atoms with E-state index in [4.69, 9.17) is 4.74 Å². The SMILES string of the molecule is CCCCOC1CC(N(C)C(=O)c2ccc(=O)n(CC)n2)C1(C)C. The van der Waals surface area contributed by atoms with Gasteiger partial charge in [-0.05, 0) is 25.8 Å². The maximum absolute atomic E-state index is 12.7. The number of amides is 1. The van der Waals surface area contributed by atoms with Crippen molar-refractivity contribution in [1.82, 2.24) is 14.7 Å². The molecule has 1 saturated carbocycles. The lowest BCUT2D eigenvalue weighted by Crippen LogP contribution is -2.62. The molecule has 134 valence electrons. The van der Waals surface area contributed by atoms with E-state index in [0.29, 0.717) is 12.2 Å². The first-order valence-corrected chi connectivity index (χ1v) is 8.79. The molecule has 1 aromatic heterocycles. The monoisotopic (exact) mass is 335 g/mol. The van der Waals surface area contributed by atoms with Crippen molar-refractivity contribution in [2.45, 2.75) is 65.6 Å². The van der Waals surface area contributed by atoms with Crippen LogP contribution in [0.2, 0.25) is 0 Å². The molecule has 2 rings (SSSR count). The van der Waals surface area contributed by atoms with Crippen LogP contribution in [0.5, 0.6) is 0 Å². The van der Waals surface area contributed by atoms with Gasteiger partial charge in [0.2, 0.25) is 0 Å². The average Bonchev–Trinajstić information content (AvgIpc) is 2.56. The molecule has 1 aromatic rings. The highest BCUT2D eigenvalue weighted by Gasteiger charge is 2.52. The van der Waals surface area contributed by atoms with E-state index in [1.807, 2.05) is 6.92 Å². The van der Waals surface area contributed by atoms with Crippen LogP contribution in [0.1, 0.15) is 57.4 Å². The molecule has 0 N–H and O–H groups in total. The van der Waals surface area contributed by atoms with Crippen molar-refractivity contribution >= 4 is 5.91 Å².